The molecule has 0 aliphatic rings. The van der Waals surface area contributed by atoms with Crippen LogP contribution in [0.4, 0.5) is 16.3 Å². The molecule has 0 unspecified atom stereocenters. The summed E-state index contributed by atoms with van der Waals surface area (Å²) in [5, 5.41) is 5.43. The standard InChI is InChI=1S/C17H16N4O2.2H2/c1-11-7-8-15(23-2)14(9-11)20-17(22)21-16-10-18-12-5-3-4-6-13(12)19-16;;/h3-10H,1-2H3,(H2,19,20,21,22);2*1H. The van der Waals surface area contributed by atoms with Gasteiger partial charge in [-0.05, 0) is 36.8 Å². The summed E-state index contributed by atoms with van der Waals surface area (Å²) in [6.45, 7) is 1.94. The Morgan fingerprint density at radius 2 is 1.91 bits per heavy atom. The van der Waals surface area contributed by atoms with E-state index in [0.29, 0.717) is 17.3 Å². The molecule has 6 heteroatoms. The molecule has 0 aliphatic carbocycles. The van der Waals surface area contributed by atoms with Crippen LogP contribution in [0.15, 0.2) is 48.7 Å². The van der Waals surface area contributed by atoms with Crippen molar-refractivity contribution in [1.82, 2.24) is 9.97 Å². The van der Waals surface area contributed by atoms with E-state index in [-0.39, 0.29) is 2.85 Å². The maximum atomic E-state index is 12.2. The average Bonchev–Trinajstić information content (AvgIpc) is 2.55. The van der Waals surface area contributed by atoms with E-state index in [9.17, 15) is 4.79 Å². The number of carbonyl (C=O) groups is 1. The fourth-order valence-corrected chi connectivity index (χ4v) is 2.21. The predicted octanol–water partition coefficient (Wildman–Crippen LogP) is 4.08. The SMILES string of the molecule is COc1ccc(C)cc1NC(=O)Nc1cnc2ccccc2n1.[HH].[HH]. The van der Waals surface area contributed by atoms with Crippen LogP contribution in [0.2, 0.25) is 0 Å². The van der Waals surface area contributed by atoms with Crippen molar-refractivity contribution in [2.75, 3.05) is 17.7 Å². The summed E-state index contributed by atoms with van der Waals surface area (Å²) in [7, 11) is 1.56. The summed E-state index contributed by atoms with van der Waals surface area (Å²) in [4.78, 5) is 20.8. The minimum absolute atomic E-state index is 0. The van der Waals surface area contributed by atoms with Gasteiger partial charge < -0.3 is 10.1 Å². The van der Waals surface area contributed by atoms with E-state index in [4.69, 9.17) is 4.74 Å². The van der Waals surface area contributed by atoms with Gasteiger partial charge >= 0.3 is 6.03 Å². The number of fused-ring (bicyclic) bond motifs is 1. The summed E-state index contributed by atoms with van der Waals surface area (Å²) in [6.07, 6.45) is 1.52. The minimum atomic E-state index is -0.404. The molecule has 0 fully saturated rings. The van der Waals surface area contributed by atoms with Crippen LogP contribution in [0.25, 0.3) is 11.0 Å². The minimum Gasteiger partial charge on any atom is -0.495 e. The highest BCUT2D eigenvalue weighted by molar-refractivity contribution is 6.00. The Labute approximate surface area is 136 Å². The monoisotopic (exact) mass is 312 g/mol. The van der Waals surface area contributed by atoms with Crippen LogP contribution >= 0.6 is 0 Å². The number of para-hydroxylation sites is 2. The van der Waals surface area contributed by atoms with Gasteiger partial charge in [-0.2, -0.15) is 0 Å². The van der Waals surface area contributed by atoms with Gasteiger partial charge in [0.05, 0.1) is 30.0 Å². The largest absolute Gasteiger partial charge is 0.495 e. The van der Waals surface area contributed by atoms with E-state index in [2.05, 4.69) is 20.6 Å². The number of rotatable bonds is 3. The molecule has 6 nitrogen and oxygen atoms in total. The molecule has 120 valence electrons. The van der Waals surface area contributed by atoms with Crippen molar-refractivity contribution in [3.05, 3.63) is 54.2 Å². The Kier molecular flexibility index (Phi) is 4.05. The van der Waals surface area contributed by atoms with Gasteiger partial charge in [0.2, 0.25) is 0 Å². The van der Waals surface area contributed by atoms with E-state index in [1.165, 1.54) is 6.20 Å². The number of amides is 2. The number of nitrogens with zero attached hydrogens (tertiary/aromatic N) is 2. The summed E-state index contributed by atoms with van der Waals surface area (Å²) in [6, 6.07) is 12.6. The van der Waals surface area contributed by atoms with Crippen molar-refractivity contribution in [3.63, 3.8) is 0 Å². The second-order valence-corrected chi connectivity index (χ2v) is 5.03. The Bertz CT molecular complexity index is 874. The van der Waals surface area contributed by atoms with Crippen molar-refractivity contribution < 1.29 is 12.4 Å². The zero-order valence-corrected chi connectivity index (χ0v) is 12.8. The van der Waals surface area contributed by atoms with Gasteiger partial charge in [0.15, 0.2) is 5.82 Å². The lowest BCUT2D eigenvalue weighted by Crippen LogP contribution is -2.20. The molecule has 0 bridgehead atoms. The lowest BCUT2D eigenvalue weighted by atomic mass is 10.2. The number of methoxy groups -OCH3 is 1. The van der Waals surface area contributed by atoms with Crippen molar-refractivity contribution in [2.45, 2.75) is 6.92 Å². The lowest BCUT2D eigenvalue weighted by Gasteiger charge is -2.11. The molecule has 0 spiro atoms. The Hall–Kier alpha value is -3.15. The zero-order chi connectivity index (χ0) is 16.2. The first kappa shape index (κ1) is 14.8. The van der Waals surface area contributed by atoms with Gasteiger partial charge in [-0.25, -0.2) is 9.78 Å². The summed E-state index contributed by atoms with van der Waals surface area (Å²) in [5.41, 5.74) is 3.11. The topological polar surface area (TPSA) is 76.1 Å². The van der Waals surface area contributed by atoms with Crippen LogP contribution in [0.5, 0.6) is 5.75 Å². The molecule has 2 amide bonds. The molecular weight excluding hydrogens is 292 g/mol. The number of urea groups is 1. The Morgan fingerprint density at radius 1 is 1.13 bits per heavy atom. The second-order valence-electron chi connectivity index (χ2n) is 5.03. The smallest absolute Gasteiger partial charge is 0.325 e. The second kappa shape index (κ2) is 6.31. The van der Waals surface area contributed by atoms with E-state index < -0.39 is 6.03 Å². The molecule has 3 aromatic rings. The predicted molar refractivity (Wildman–Crippen MR) is 94.1 cm³/mol. The lowest BCUT2D eigenvalue weighted by molar-refractivity contribution is 0.262. The number of nitrogens with one attached hydrogen (secondary N) is 2. The maximum absolute atomic E-state index is 12.2. The first-order chi connectivity index (χ1) is 11.2. The molecule has 0 atom stereocenters. The Balaban J connectivity index is 0.00000156. The molecule has 2 N–H and O–H groups in total. The van der Waals surface area contributed by atoms with Crippen molar-refractivity contribution in [1.29, 1.82) is 0 Å². The van der Waals surface area contributed by atoms with Crippen LogP contribution in [0.1, 0.15) is 8.42 Å². The molecule has 0 saturated heterocycles. The fraction of sp³-hybridized carbons (Fsp3) is 0.118. The fourth-order valence-electron chi connectivity index (χ4n) is 2.21. The third-order valence-electron chi connectivity index (χ3n) is 3.29. The van der Waals surface area contributed by atoms with Crippen molar-refractivity contribution in [3.8, 4) is 5.75 Å². The normalized spacial score (nSPS) is 10.3. The van der Waals surface area contributed by atoms with Gasteiger partial charge in [-0.3, -0.25) is 10.3 Å². The van der Waals surface area contributed by atoms with Crippen molar-refractivity contribution >= 4 is 28.6 Å². The first-order valence-electron chi connectivity index (χ1n) is 7.10. The highest BCUT2D eigenvalue weighted by Gasteiger charge is 2.09. The quantitative estimate of drug-likeness (QED) is 0.764. The molecular formula is C17H20N4O2. The van der Waals surface area contributed by atoms with E-state index >= 15 is 0 Å². The molecule has 3 rings (SSSR count). The summed E-state index contributed by atoms with van der Waals surface area (Å²) < 4.78 is 5.24. The number of carbonyl (C=O) groups excluding carboxylic acids is 1. The van der Waals surface area contributed by atoms with Gasteiger partial charge in [0, 0.05) is 2.85 Å². The van der Waals surface area contributed by atoms with Crippen LogP contribution in [0.3, 0.4) is 0 Å². The molecule has 0 aliphatic heterocycles. The van der Waals surface area contributed by atoms with E-state index in [1.54, 1.807) is 13.2 Å². The number of anilines is 2. The number of aryl methyl sites for hydroxylation is 1. The molecule has 0 radical (unpaired) electrons. The Morgan fingerprint density at radius 3 is 2.70 bits per heavy atom. The molecule has 2 aromatic carbocycles. The van der Waals surface area contributed by atoms with Gasteiger partial charge in [-0.15, -0.1) is 0 Å². The van der Waals surface area contributed by atoms with Crippen LogP contribution in [-0.4, -0.2) is 23.1 Å². The van der Waals surface area contributed by atoms with Crippen LogP contribution in [-0.2, 0) is 0 Å². The highest BCUT2D eigenvalue weighted by atomic mass is 16.5. The van der Waals surface area contributed by atoms with Crippen LogP contribution < -0.4 is 15.4 Å². The molecule has 1 aromatic heterocycles. The van der Waals surface area contributed by atoms with Crippen molar-refractivity contribution in [2.24, 2.45) is 0 Å². The maximum Gasteiger partial charge on any atom is 0.325 e. The average molecular weight is 312 g/mol. The molecule has 0 saturated carbocycles. The summed E-state index contributed by atoms with van der Waals surface area (Å²) >= 11 is 0. The molecule has 1 heterocycles. The number of hydrogen-bond acceptors (Lipinski definition) is 4. The number of hydrogen-bond donors (Lipinski definition) is 2. The molecule has 23 heavy (non-hydrogen) atoms. The zero-order valence-electron chi connectivity index (χ0n) is 12.8. The van der Waals surface area contributed by atoms with E-state index in [1.807, 2.05) is 43.3 Å². The first-order valence-corrected chi connectivity index (χ1v) is 7.10. The number of aromatic nitrogens is 2. The van der Waals surface area contributed by atoms with Crippen LogP contribution in [0, 0.1) is 6.92 Å². The highest BCUT2D eigenvalue weighted by Crippen LogP contribution is 2.25. The van der Waals surface area contributed by atoms with E-state index in [0.717, 1.165) is 16.6 Å². The third-order valence-corrected chi connectivity index (χ3v) is 3.29. The number of benzene rings is 2. The van der Waals surface area contributed by atoms with Gasteiger partial charge in [0.25, 0.3) is 0 Å². The number of ether oxygens (including phenoxy) is 1. The van der Waals surface area contributed by atoms with Gasteiger partial charge in [0.1, 0.15) is 5.75 Å². The summed E-state index contributed by atoms with van der Waals surface area (Å²) in [5.74, 6) is 0.975. The van der Waals surface area contributed by atoms with Gasteiger partial charge in [-0.1, -0.05) is 18.2 Å². The third kappa shape index (κ3) is 3.37.